The fourth-order valence-corrected chi connectivity index (χ4v) is 3.13. The average Bonchev–Trinajstić information content (AvgIpc) is 2.78. The van der Waals surface area contributed by atoms with E-state index in [0.717, 1.165) is 5.56 Å². The molecule has 0 heterocycles. The quantitative estimate of drug-likeness (QED) is 0.480. The molecule has 0 aliphatic rings. The summed E-state index contributed by atoms with van der Waals surface area (Å²) < 4.78 is 15.3. The van der Waals surface area contributed by atoms with Crippen LogP contribution in [0.3, 0.4) is 0 Å². The van der Waals surface area contributed by atoms with E-state index in [4.69, 9.17) is 14.2 Å². The number of benzene rings is 2. The van der Waals surface area contributed by atoms with E-state index in [9.17, 15) is 19.5 Å². The summed E-state index contributed by atoms with van der Waals surface area (Å²) in [7, 11) is 2.78. The van der Waals surface area contributed by atoms with Crippen molar-refractivity contribution >= 4 is 18.0 Å². The average molecular weight is 473 g/mol. The highest BCUT2D eigenvalue weighted by Gasteiger charge is 2.29. The maximum Gasteiger partial charge on any atom is 0.408 e. The molecule has 3 N–H and O–H groups in total. The van der Waals surface area contributed by atoms with Gasteiger partial charge in [-0.15, -0.1) is 0 Å². The van der Waals surface area contributed by atoms with E-state index in [1.165, 1.54) is 19.2 Å². The number of phenolic OH excluding ortho intramolecular Hbond substituents is 1. The van der Waals surface area contributed by atoms with Crippen molar-refractivity contribution < 1.29 is 33.7 Å². The van der Waals surface area contributed by atoms with Crippen LogP contribution in [0.4, 0.5) is 4.79 Å². The Morgan fingerprint density at radius 2 is 1.38 bits per heavy atom. The van der Waals surface area contributed by atoms with Gasteiger partial charge in [0, 0.05) is 12.8 Å². The molecule has 0 radical (unpaired) electrons. The third-order valence-corrected chi connectivity index (χ3v) is 4.78. The largest absolute Gasteiger partial charge is 0.508 e. The van der Waals surface area contributed by atoms with Crippen LogP contribution in [-0.2, 0) is 31.9 Å². The zero-order chi connectivity index (χ0) is 25.3. The fraction of sp³-hybridized carbons (Fsp3) is 0.400. The fourth-order valence-electron chi connectivity index (χ4n) is 3.13. The molecule has 0 saturated carbocycles. The van der Waals surface area contributed by atoms with Crippen LogP contribution in [0.25, 0.3) is 0 Å². The number of methoxy groups -OCH3 is 2. The number of hydrogen-bond acceptors (Lipinski definition) is 7. The van der Waals surface area contributed by atoms with Crippen LogP contribution < -0.4 is 15.4 Å². The lowest BCUT2D eigenvalue weighted by molar-refractivity contribution is -0.145. The van der Waals surface area contributed by atoms with E-state index in [-0.39, 0.29) is 18.6 Å². The summed E-state index contributed by atoms with van der Waals surface area (Å²) in [5.41, 5.74) is 0.726. The van der Waals surface area contributed by atoms with Crippen molar-refractivity contribution in [3.63, 3.8) is 0 Å². The summed E-state index contributed by atoms with van der Waals surface area (Å²) in [6, 6.07) is 11.3. The molecule has 9 heteroatoms. The van der Waals surface area contributed by atoms with Crippen LogP contribution in [-0.4, -0.2) is 55.0 Å². The molecule has 0 aromatic heterocycles. The maximum absolute atomic E-state index is 13.2. The monoisotopic (exact) mass is 472 g/mol. The van der Waals surface area contributed by atoms with Crippen LogP contribution in [0, 0.1) is 0 Å². The highest BCUT2D eigenvalue weighted by atomic mass is 16.6. The molecule has 2 aromatic carbocycles. The molecular formula is C25H32N2O7. The minimum atomic E-state index is -1.02. The van der Waals surface area contributed by atoms with Crippen molar-refractivity contribution in [2.45, 2.75) is 51.3 Å². The number of carbonyl (C=O) groups excluding carboxylic acids is 3. The normalized spacial score (nSPS) is 12.7. The SMILES string of the molecule is COC(=O)C(Cc1ccc(O)cc1)NC(=O)C(Cc1ccc(OC)cc1)NC(=O)OC(C)(C)C. The van der Waals surface area contributed by atoms with Crippen LogP contribution in [0.1, 0.15) is 31.9 Å². The highest BCUT2D eigenvalue weighted by molar-refractivity contribution is 5.90. The van der Waals surface area contributed by atoms with E-state index < -0.39 is 35.7 Å². The summed E-state index contributed by atoms with van der Waals surface area (Å²) in [5.74, 6) is -0.467. The lowest BCUT2D eigenvalue weighted by Crippen LogP contribution is -2.53. The zero-order valence-corrected chi connectivity index (χ0v) is 20.1. The Morgan fingerprint density at radius 1 is 0.853 bits per heavy atom. The van der Waals surface area contributed by atoms with Crippen molar-refractivity contribution in [2.75, 3.05) is 14.2 Å². The van der Waals surface area contributed by atoms with E-state index in [2.05, 4.69) is 10.6 Å². The van der Waals surface area contributed by atoms with Crippen molar-refractivity contribution in [1.29, 1.82) is 0 Å². The second kappa shape index (κ2) is 11.9. The second-order valence-corrected chi connectivity index (χ2v) is 8.71. The molecule has 34 heavy (non-hydrogen) atoms. The molecule has 2 rings (SSSR count). The first-order chi connectivity index (χ1) is 16.0. The number of amides is 2. The molecule has 0 saturated heterocycles. The van der Waals surface area contributed by atoms with Gasteiger partial charge in [0.15, 0.2) is 0 Å². The first kappa shape index (κ1) is 26.5. The third-order valence-electron chi connectivity index (χ3n) is 4.78. The lowest BCUT2D eigenvalue weighted by Gasteiger charge is -2.25. The molecule has 0 aliphatic heterocycles. The van der Waals surface area contributed by atoms with Gasteiger partial charge in [-0.2, -0.15) is 0 Å². The zero-order valence-electron chi connectivity index (χ0n) is 20.1. The van der Waals surface area contributed by atoms with Crippen LogP contribution >= 0.6 is 0 Å². The minimum absolute atomic E-state index is 0.0866. The van der Waals surface area contributed by atoms with Gasteiger partial charge in [0.25, 0.3) is 0 Å². The number of nitrogens with one attached hydrogen (secondary N) is 2. The number of alkyl carbamates (subject to hydrolysis) is 1. The molecule has 184 valence electrons. The first-order valence-electron chi connectivity index (χ1n) is 10.8. The van der Waals surface area contributed by atoms with Gasteiger partial charge in [-0.25, -0.2) is 9.59 Å². The number of hydrogen-bond donors (Lipinski definition) is 3. The summed E-state index contributed by atoms with van der Waals surface area (Å²) in [6.45, 7) is 5.15. The van der Waals surface area contributed by atoms with Crippen LogP contribution in [0.15, 0.2) is 48.5 Å². The van der Waals surface area contributed by atoms with Gasteiger partial charge >= 0.3 is 12.1 Å². The molecule has 0 spiro atoms. The van der Waals surface area contributed by atoms with Crippen molar-refractivity contribution in [3.05, 3.63) is 59.7 Å². The minimum Gasteiger partial charge on any atom is -0.508 e. The molecule has 2 atom stereocenters. The molecule has 2 unspecified atom stereocenters. The lowest BCUT2D eigenvalue weighted by atomic mass is 10.0. The van der Waals surface area contributed by atoms with Crippen molar-refractivity contribution in [2.24, 2.45) is 0 Å². The standard InChI is InChI=1S/C25H32N2O7/c1-25(2,3)34-24(31)27-20(14-17-8-12-19(32-4)13-9-17)22(29)26-21(23(30)33-5)15-16-6-10-18(28)11-7-16/h6-13,20-21,28H,14-15H2,1-5H3,(H,26,29)(H,27,31). The summed E-state index contributed by atoms with van der Waals surface area (Å²) in [6.07, 6.45) is -0.461. The van der Waals surface area contributed by atoms with Crippen molar-refractivity contribution in [1.82, 2.24) is 10.6 Å². The van der Waals surface area contributed by atoms with Crippen LogP contribution in [0.2, 0.25) is 0 Å². The summed E-state index contributed by atoms with van der Waals surface area (Å²) >= 11 is 0. The van der Waals surface area contributed by atoms with Crippen LogP contribution in [0.5, 0.6) is 11.5 Å². The Kier molecular flexibility index (Phi) is 9.29. The van der Waals surface area contributed by atoms with Gasteiger partial charge < -0.3 is 30.0 Å². The number of rotatable bonds is 9. The summed E-state index contributed by atoms with van der Waals surface area (Å²) in [4.78, 5) is 38.0. The van der Waals surface area contributed by atoms with E-state index in [1.807, 2.05) is 0 Å². The number of carbonyl (C=O) groups is 3. The predicted molar refractivity (Wildman–Crippen MR) is 126 cm³/mol. The molecule has 2 amide bonds. The van der Waals surface area contributed by atoms with Gasteiger partial charge in [-0.3, -0.25) is 4.79 Å². The third kappa shape index (κ3) is 8.65. The number of esters is 1. The smallest absolute Gasteiger partial charge is 0.408 e. The second-order valence-electron chi connectivity index (χ2n) is 8.71. The number of ether oxygens (including phenoxy) is 3. The van der Waals surface area contributed by atoms with Gasteiger partial charge in [-0.05, 0) is 56.2 Å². The Balaban J connectivity index is 2.22. The maximum atomic E-state index is 13.2. The Hall–Kier alpha value is -3.75. The van der Waals surface area contributed by atoms with E-state index >= 15 is 0 Å². The Morgan fingerprint density at radius 3 is 1.88 bits per heavy atom. The number of aromatic hydroxyl groups is 1. The predicted octanol–water partition coefficient (Wildman–Crippen LogP) is 2.74. The summed E-state index contributed by atoms with van der Waals surface area (Å²) in [5, 5.41) is 14.7. The molecule has 0 bridgehead atoms. The van der Waals surface area contributed by atoms with Gasteiger partial charge in [0.2, 0.25) is 5.91 Å². The molecule has 2 aromatic rings. The van der Waals surface area contributed by atoms with E-state index in [1.54, 1.807) is 64.3 Å². The Labute approximate surface area is 199 Å². The number of phenols is 1. The molecule has 9 nitrogen and oxygen atoms in total. The molecule has 0 fully saturated rings. The molecule has 0 aliphatic carbocycles. The molecular weight excluding hydrogens is 440 g/mol. The van der Waals surface area contributed by atoms with Gasteiger partial charge in [0.05, 0.1) is 14.2 Å². The van der Waals surface area contributed by atoms with Gasteiger partial charge in [0.1, 0.15) is 29.2 Å². The van der Waals surface area contributed by atoms with E-state index in [0.29, 0.717) is 11.3 Å². The Bertz CT molecular complexity index is 966. The highest BCUT2D eigenvalue weighted by Crippen LogP contribution is 2.15. The first-order valence-corrected chi connectivity index (χ1v) is 10.8. The topological polar surface area (TPSA) is 123 Å². The van der Waals surface area contributed by atoms with Gasteiger partial charge in [-0.1, -0.05) is 24.3 Å². The van der Waals surface area contributed by atoms with Crippen molar-refractivity contribution in [3.8, 4) is 11.5 Å².